The van der Waals surface area contributed by atoms with Crippen LogP contribution in [0.15, 0.2) is 48.5 Å². The molecule has 2 N–H and O–H groups in total. The Balaban J connectivity index is 1.43. The summed E-state index contributed by atoms with van der Waals surface area (Å²) in [6, 6.07) is 15.2. The van der Waals surface area contributed by atoms with Crippen LogP contribution in [-0.2, 0) is 16.0 Å². The van der Waals surface area contributed by atoms with E-state index in [0.717, 1.165) is 43.2 Å². The second kappa shape index (κ2) is 9.93. The summed E-state index contributed by atoms with van der Waals surface area (Å²) in [7, 11) is 3.74. The summed E-state index contributed by atoms with van der Waals surface area (Å²) < 4.78 is 5.12. The molecular formula is C22H28N4O3. The Morgan fingerprint density at radius 2 is 1.59 bits per heavy atom. The molecule has 1 saturated heterocycles. The van der Waals surface area contributed by atoms with Crippen LogP contribution in [0.1, 0.15) is 5.56 Å². The van der Waals surface area contributed by atoms with Crippen molar-refractivity contribution in [2.45, 2.75) is 6.42 Å². The number of hydrogen-bond donors (Lipinski definition) is 2. The van der Waals surface area contributed by atoms with Gasteiger partial charge in [-0.2, -0.15) is 0 Å². The Hall–Kier alpha value is -3.06. The van der Waals surface area contributed by atoms with Crippen LogP contribution in [0.5, 0.6) is 5.75 Å². The first-order valence-electron chi connectivity index (χ1n) is 9.81. The molecule has 0 atom stereocenters. The number of piperazine rings is 1. The van der Waals surface area contributed by atoms with E-state index >= 15 is 0 Å². The van der Waals surface area contributed by atoms with Crippen LogP contribution < -0.4 is 20.3 Å². The molecule has 2 amide bonds. The van der Waals surface area contributed by atoms with E-state index in [1.807, 2.05) is 48.5 Å². The molecule has 2 aromatic carbocycles. The number of hydrogen-bond acceptors (Lipinski definition) is 5. The highest BCUT2D eigenvalue weighted by Gasteiger charge is 2.15. The SMILES string of the molecule is COc1ccc(CCNC(=O)C(=O)Nc2ccc(N3CCN(C)CC3)cc2)cc1. The zero-order chi connectivity index (χ0) is 20.6. The molecule has 1 heterocycles. The van der Waals surface area contributed by atoms with Gasteiger partial charge in [0.25, 0.3) is 0 Å². The van der Waals surface area contributed by atoms with E-state index in [1.165, 1.54) is 0 Å². The van der Waals surface area contributed by atoms with Crippen molar-refractivity contribution in [2.24, 2.45) is 0 Å². The summed E-state index contributed by atoms with van der Waals surface area (Å²) in [6.45, 7) is 4.43. The largest absolute Gasteiger partial charge is 0.497 e. The van der Waals surface area contributed by atoms with Gasteiger partial charge in [0.1, 0.15) is 5.75 Å². The Morgan fingerprint density at radius 3 is 2.21 bits per heavy atom. The quantitative estimate of drug-likeness (QED) is 0.728. The lowest BCUT2D eigenvalue weighted by Crippen LogP contribution is -2.44. The fraction of sp³-hybridized carbons (Fsp3) is 0.364. The maximum absolute atomic E-state index is 12.1. The molecule has 29 heavy (non-hydrogen) atoms. The van der Waals surface area contributed by atoms with Crippen LogP contribution in [0.3, 0.4) is 0 Å². The van der Waals surface area contributed by atoms with E-state index < -0.39 is 11.8 Å². The predicted octanol–water partition coefficient (Wildman–Crippen LogP) is 1.74. The molecule has 0 radical (unpaired) electrons. The van der Waals surface area contributed by atoms with E-state index in [2.05, 4.69) is 27.5 Å². The van der Waals surface area contributed by atoms with E-state index in [-0.39, 0.29) is 0 Å². The van der Waals surface area contributed by atoms with Gasteiger partial charge >= 0.3 is 11.8 Å². The van der Waals surface area contributed by atoms with Gasteiger partial charge < -0.3 is 25.2 Å². The third-order valence-electron chi connectivity index (χ3n) is 5.06. The van der Waals surface area contributed by atoms with Crippen molar-refractivity contribution in [1.29, 1.82) is 0 Å². The average Bonchev–Trinajstić information content (AvgIpc) is 2.75. The molecule has 2 aromatic rings. The van der Waals surface area contributed by atoms with Crippen LogP contribution in [0.4, 0.5) is 11.4 Å². The normalized spacial score (nSPS) is 14.3. The van der Waals surface area contributed by atoms with E-state index in [0.29, 0.717) is 18.7 Å². The first-order chi connectivity index (χ1) is 14.0. The fourth-order valence-electron chi connectivity index (χ4n) is 3.20. The molecule has 3 rings (SSSR count). The zero-order valence-corrected chi connectivity index (χ0v) is 17.0. The third kappa shape index (κ3) is 5.96. The predicted molar refractivity (Wildman–Crippen MR) is 114 cm³/mol. The standard InChI is InChI=1S/C22H28N4O3/c1-25-13-15-26(16-14-25)19-7-5-18(6-8-19)24-22(28)21(27)23-12-11-17-3-9-20(29-2)10-4-17/h3-10H,11-16H2,1-2H3,(H,23,27)(H,24,28). The summed E-state index contributed by atoms with van der Waals surface area (Å²) >= 11 is 0. The highest BCUT2D eigenvalue weighted by atomic mass is 16.5. The highest BCUT2D eigenvalue weighted by molar-refractivity contribution is 6.39. The molecule has 1 fully saturated rings. The fourth-order valence-corrected chi connectivity index (χ4v) is 3.20. The number of ether oxygens (including phenoxy) is 1. The number of nitrogens with one attached hydrogen (secondary N) is 2. The number of rotatable bonds is 6. The summed E-state index contributed by atoms with van der Waals surface area (Å²) in [4.78, 5) is 28.8. The summed E-state index contributed by atoms with van der Waals surface area (Å²) in [5.41, 5.74) is 2.80. The van der Waals surface area contributed by atoms with Crippen molar-refractivity contribution >= 4 is 23.2 Å². The second-order valence-corrected chi connectivity index (χ2v) is 7.15. The van der Waals surface area contributed by atoms with Crippen molar-refractivity contribution in [3.05, 3.63) is 54.1 Å². The van der Waals surface area contributed by atoms with Crippen molar-refractivity contribution < 1.29 is 14.3 Å². The highest BCUT2D eigenvalue weighted by Crippen LogP contribution is 2.19. The van der Waals surface area contributed by atoms with Crippen LogP contribution in [0.25, 0.3) is 0 Å². The molecule has 154 valence electrons. The smallest absolute Gasteiger partial charge is 0.313 e. The van der Waals surface area contributed by atoms with Gasteiger partial charge in [-0.1, -0.05) is 12.1 Å². The molecule has 1 aliphatic heterocycles. The summed E-state index contributed by atoms with van der Waals surface area (Å²) in [5.74, 6) is -0.510. The lowest BCUT2D eigenvalue weighted by Gasteiger charge is -2.34. The number of likely N-dealkylation sites (N-methyl/N-ethyl adjacent to an activating group) is 1. The lowest BCUT2D eigenvalue weighted by molar-refractivity contribution is -0.136. The average molecular weight is 396 g/mol. The van der Waals surface area contributed by atoms with Crippen LogP contribution >= 0.6 is 0 Å². The molecule has 0 unspecified atom stereocenters. The van der Waals surface area contributed by atoms with E-state index in [9.17, 15) is 9.59 Å². The zero-order valence-electron chi connectivity index (χ0n) is 17.0. The first kappa shape index (κ1) is 20.7. The van der Waals surface area contributed by atoms with Crippen molar-refractivity contribution in [3.63, 3.8) is 0 Å². The Bertz CT molecular complexity index is 813. The number of nitrogens with zero attached hydrogens (tertiary/aromatic N) is 2. The number of amides is 2. The van der Waals surface area contributed by atoms with Crippen molar-refractivity contribution in [2.75, 3.05) is 57.1 Å². The van der Waals surface area contributed by atoms with Crippen LogP contribution in [-0.4, -0.2) is 63.6 Å². The Kier molecular flexibility index (Phi) is 7.08. The Morgan fingerprint density at radius 1 is 0.931 bits per heavy atom. The minimum absolute atomic E-state index is 0.390. The number of anilines is 2. The van der Waals surface area contributed by atoms with Gasteiger partial charge in [0.2, 0.25) is 0 Å². The number of methoxy groups -OCH3 is 1. The van der Waals surface area contributed by atoms with Crippen molar-refractivity contribution in [1.82, 2.24) is 10.2 Å². The maximum atomic E-state index is 12.1. The monoisotopic (exact) mass is 396 g/mol. The minimum atomic E-state index is -0.660. The van der Waals surface area contributed by atoms with Gasteiger partial charge in [0.05, 0.1) is 7.11 Å². The van der Waals surface area contributed by atoms with Gasteiger partial charge in [0, 0.05) is 44.1 Å². The molecule has 0 bridgehead atoms. The Labute approximate surface area is 171 Å². The van der Waals surface area contributed by atoms with E-state index in [4.69, 9.17) is 4.74 Å². The van der Waals surface area contributed by atoms with Crippen LogP contribution in [0, 0.1) is 0 Å². The molecule has 1 aliphatic rings. The molecule has 0 aromatic heterocycles. The lowest BCUT2D eigenvalue weighted by atomic mass is 10.1. The van der Waals surface area contributed by atoms with Crippen LogP contribution in [0.2, 0.25) is 0 Å². The van der Waals surface area contributed by atoms with Gasteiger partial charge in [-0.15, -0.1) is 0 Å². The minimum Gasteiger partial charge on any atom is -0.497 e. The van der Waals surface area contributed by atoms with Gasteiger partial charge in [-0.05, 0) is 55.4 Å². The molecule has 0 saturated carbocycles. The first-order valence-corrected chi connectivity index (χ1v) is 9.81. The third-order valence-corrected chi connectivity index (χ3v) is 5.06. The topological polar surface area (TPSA) is 73.9 Å². The van der Waals surface area contributed by atoms with Gasteiger partial charge in [-0.25, -0.2) is 0 Å². The number of benzene rings is 2. The van der Waals surface area contributed by atoms with E-state index in [1.54, 1.807) is 7.11 Å². The molecule has 0 aliphatic carbocycles. The number of carbonyl (C=O) groups is 2. The maximum Gasteiger partial charge on any atom is 0.313 e. The summed E-state index contributed by atoms with van der Waals surface area (Å²) in [5, 5.41) is 5.30. The number of carbonyl (C=O) groups excluding carboxylic acids is 2. The van der Waals surface area contributed by atoms with Gasteiger partial charge in [-0.3, -0.25) is 9.59 Å². The molecule has 0 spiro atoms. The molecule has 7 nitrogen and oxygen atoms in total. The van der Waals surface area contributed by atoms with Crippen molar-refractivity contribution in [3.8, 4) is 5.75 Å². The molecular weight excluding hydrogens is 368 g/mol. The van der Waals surface area contributed by atoms with Gasteiger partial charge in [0.15, 0.2) is 0 Å². The molecule has 7 heteroatoms. The summed E-state index contributed by atoms with van der Waals surface area (Å²) in [6.07, 6.45) is 0.642. The second-order valence-electron chi connectivity index (χ2n) is 7.15.